The second-order valence-corrected chi connectivity index (χ2v) is 10.4. The zero-order chi connectivity index (χ0) is 25.7. The fraction of sp³-hybridized carbons (Fsp3) is 0.783. The van der Waals surface area contributed by atoms with Crippen LogP contribution in [0.2, 0.25) is 0 Å². The van der Waals surface area contributed by atoms with Crippen LogP contribution in [0.1, 0.15) is 67.7 Å². The van der Waals surface area contributed by atoms with Crippen molar-refractivity contribution in [1.82, 2.24) is 21.3 Å². The van der Waals surface area contributed by atoms with Crippen LogP contribution in [0.3, 0.4) is 0 Å². The fourth-order valence-electron chi connectivity index (χ4n) is 3.19. The largest absolute Gasteiger partial charge is 0.347 e. The Morgan fingerprint density at radius 2 is 1.15 bits per heavy atom. The van der Waals surface area contributed by atoms with Crippen molar-refractivity contribution in [1.29, 1.82) is 0 Å². The third-order valence-electron chi connectivity index (χ3n) is 4.63. The molecule has 4 amide bonds. The predicted octanol–water partition coefficient (Wildman–Crippen LogP) is 1.40. The SMILES string of the molecule is CSCC[C@H](NC(=O)[C@H](CC(C)C)NC(=O)[C@H](CC(C)C)NC(C)=O)C(=O)C(=O)NC(C)C. The van der Waals surface area contributed by atoms with Gasteiger partial charge in [0, 0.05) is 13.0 Å². The molecule has 0 heterocycles. The van der Waals surface area contributed by atoms with E-state index >= 15 is 0 Å². The summed E-state index contributed by atoms with van der Waals surface area (Å²) >= 11 is 1.50. The Balaban J connectivity index is 5.57. The van der Waals surface area contributed by atoms with Crippen molar-refractivity contribution in [3.63, 3.8) is 0 Å². The van der Waals surface area contributed by atoms with E-state index in [9.17, 15) is 24.0 Å². The smallest absolute Gasteiger partial charge is 0.289 e. The summed E-state index contributed by atoms with van der Waals surface area (Å²) in [5.74, 6) is -1.97. The minimum absolute atomic E-state index is 0.0787. The highest BCUT2D eigenvalue weighted by atomic mass is 32.2. The van der Waals surface area contributed by atoms with E-state index in [0.29, 0.717) is 25.0 Å². The topological polar surface area (TPSA) is 133 Å². The van der Waals surface area contributed by atoms with Crippen LogP contribution < -0.4 is 21.3 Å². The maximum atomic E-state index is 13.1. The zero-order valence-corrected chi connectivity index (χ0v) is 22.1. The number of hydrogen-bond acceptors (Lipinski definition) is 6. The molecule has 4 N–H and O–H groups in total. The molecule has 0 radical (unpaired) electrons. The lowest BCUT2D eigenvalue weighted by Gasteiger charge is -2.26. The van der Waals surface area contributed by atoms with Crippen LogP contribution in [-0.2, 0) is 24.0 Å². The van der Waals surface area contributed by atoms with E-state index in [0.717, 1.165) is 0 Å². The van der Waals surface area contributed by atoms with Crippen LogP contribution in [0.15, 0.2) is 0 Å². The highest BCUT2D eigenvalue weighted by Crippen LogP contribution is 2.10. The summed E-state index contributed by atoms with van der Waals surface area (Å²) < 4.78 is 0. The second kappa shape index (κ2) is 15.7. The Morgan fingerprint density at radius 3 is 1.55 bits per heavy atom. The Morgan fingerprint density at radius 1 is 0.697 bits per heavy atom. The first-order valence-corrected chi connectivity index (χ1v) is 12.9. The van der Waals surface area contributed by atoms with Crippen LogP contribution in [0.25, 0.3) is 0 Å². The molecule has 0 aliphatic rings. The van der Waals surface area contributed by atoms with Crippen molar-refractivity contribution in [2.45, 2.75) is 91.9 Å². The number of Topliss-reactive ketones (excluding diaryl/α,β-unsaturated/α-hetero) is 1. The molecule has 0 aromatic rings. The normalized spacial score (nSPS) is 13.9. The number of hydrogen-bond donors (Lipinski definition) is 4. The molecular weight excluding hydrogens is 444 g/mol. The van der Waals surface area contributed by atoms with E-state index in [1.165, 1.54) is 18.7 Å². The molecule has 0 bridgehead atoms. The van der Waals surface area contributed by atoms with Crippen molar-refractivity contribution >= 4 is 41.2 Å². The number of thioether (sulfide) groups is 1. The number of ketones is 1. The van der Waals surface area contributed by atoms with Gasteiger partial charge in [0.25, 0.3) is 5.91 Å². The number of carbonyl (C=O) groups is 5. The van der Waals surface area contributed by atoms with Gasteiger partial charge in [-0.1, -0.05) is 27.7 Å². The lowest BCUT2D eigenvalue weighted by atomic mass is 9.99. The average molecular weight is 487 g/mol. The van der Waals surface area contributed by atoms with Crippen molar-refractivity contribution in [2.75, 3.05) is 12.0 Å². The van der Waals surface area contributed by atoms with Gasteiger partial charge in [-0.2, -0.15) is 11.8 Å². The first-order chi connectivity index (χ1) is 15.3. The Hall–Kier alpha value is -2.10. The molecule has 0 rings (SSSR count). The summed E-state index contributed by atoms with van der Waals surface area (Å²) in [5, 5.41) is 10.6. The van der Waals surface area contributed by atoms with Gasteiger partial charge in [0.15, 0.2) is 0 Å². The molecule has 3 atom stereocenters. The van der Waals surface area contributed by atoms with Crippen LogP contribution in [0.5, 0.6) is 0 Å². The molecule has 0 spiro atoms. The predicted molar refractivity (Wildman–Crippen MR) is 132 cm³/mol. The zero-order valence-electron chi connectivity index (χ0n) is 21.2. The van der Waals surface area contributed by atoms with Gasteiger partial charge in [-0.25, -0.2) is 0 Å². The summed E-state index contributed by atoms with van der Waals surface area (Å²) in [7, 11) is 0. The molecule has 0 aromatic heterocycles. The van der Waals surface area contributed by atoms with Gasteiger partial charge in [-0.3, -0.25) is 24.0 Å². The van der Waals surface area contributed by atoms with E-state index in [2.05, 4.69) is 21.3 Å². The van der Waals surface area contributed by atoms with Crippen LogP contribution >= 0.6 is 11.8 Å². The van der Waals surface area contributed by atoms with Crippen LogP contribution in [0, 0.1) is 11.8 Å². The molecule has 190 valence electrons. The fourth-order valence-corrected chi connectivity index (χ4v) is 3.66. The molecule has 9 nitrogen and oxygen atoms in total. The lowest BCUT2D eigenvalue weighted by Crippen LogP contribution is -2.57. The van der Waals surface area contributed by atoms with E-state index in [4.69, 9.17) is 0 Å². The van der Waals surface area contributed by atoms with Crippen molar-refractivity contribution in [2.24, 2.45) is 11.8 Å². The maximum Gasteiger partial charge on any atom is 0.289 e. The highest BCUT2D eigenvalue weighted by Gasteiger charge is 2.32. The van der Waals surface area contributed by atoms with Gasteiger partial charge in [0.05, 0.1) is 6.04 Å². The van der Waals surface area contributed by atoms with Gasteiger partial charge < -0.3 is 21.3 Å². The lowest BCUT2D eigenvalue weighted by molar-refractivity contribution is -0.140. The summed E-state index contributed by atoms with van der Waals surface area (Å²) in [6, 6.07) is -2.87. The van der Waals surface area contributed by atoms with Crippen LogP contribution in [-0.4, -0.2) is 65.6 Å². The summed E-state index contributed by atoms with van der Waals surface area (Å²) in [4.78, 5) is 62.4. The molecule has 0 aliphatic heterocycles. The quantitative estimate of drug-likeness (QED) is 0.259. The molecule has 0 fully saturated rings. The molecular formula is C23H42N4O5S. The third kappa shape index (κ3) is 13.3. The van der Waals surface area contributed by atoms with Gasteiger partial charge >= 0.3 is 0 Å². The molecule has 10 heteroatoms. The number of carbonyl (C=O) groups excluding carboxylic acids is 5. The van der Waals surface area contributed by atoms with Gasteiger partial charge in [0.1, 0.15) is 12.1 Å². The maximum absolute atomic E-state index is 13.1. The van der Waals surface area contributed by atoms with Crippen molar-refractivity contribution < 1.29 is 24.0 Å². The minimum atomic E-state index is -0.989. The first-order valence-electron chi connectivity index (χ1n) is 11.5. The van der Waals surface area contributed by atoms with E-state index in [1.807, 2.05) is 34.0 Å². The van der Waals surface area contributed by atoms with E-state index < -0.39 is 41.6 Å². The molecule has 0 saturated carbocycles. The summed E-state index contributed by atoms with van der Waals surface area (Å²) in [6.07, 6.45) is 2.93. The average Bonchev–Trinajstić information content (AvgIpc) is 2.67. The molecule has 0 aromatic carbocycles. The van der Waals surface area contributed by atoms with E-state index in [-0.39, 0.29) is 23.8 Å². The van der Waals surface area contributed by atoms with Crippen molar-refractivity contribution in [3.8, 4) is 0 Å². The monoisotopic (exact) mass is 486 g/mol. The molecule has 0 unspecified atom stereocenters. The number of amides is 4. The number of rotatable bonds is 15. The molecule has 0 saturated heterocycles. The van der Waals surface area contributed by atoms with Gasteiger partial charge in [-0.15, -0.1) is 0 Å². The third-order valence-corrected chi connectivity index (χ3v) is 5.27. The minimum Gasteiger partial charge on any atom is -0.347 e. The standard InChI is InChI=1S/C23H42N4O5S/c1-13(2)11-18(25-16(7)28)21(30)27-19(12-14(3)4)22(31)26-17(9-10-33-8)20(29)23(32)24-15(5)6/h13-15,17-19H,9-12H2,1-8H3,(H,24,32)(H,25,28)(H,26,31)(H,27,30)/t17-,18-,19-/m0/s1. The number of nitrogens with one attached hydrogen (secondary N) is 4. The summed E-state index contributed by atoms with van der Waals surface area (Å²) in [6.45, 7) is 12.5. The van der Waals surface area contributed by atoms with E-state index in [1.54, 1.807) is 13.8 Å². The molecule has 33 heavy (non-hydrogen) atoms. The summed E-state index contributed by atoms with van der Waals surface area (Å²) in [5.41, 5.74) is 0. The van der Waals surface area contributed by atoms with Crippen LogP contribution in [0.4, 0.5) is 0 Å². The van der Waals surface area contributed by atoms with Crippen molar-refractivity contribution in [3.05, 3.63) is 0 Å². The Labute approximate surface area is 202 Å². The molecule has 0 aliphatic carbocycles. The Kier molecular flexibility index (Phi) is 14.7. The van der Waals surface area contributed by atoms with Gasteiger partial charge in [0.2, 0.25) is 23.5 Å². The van der Waals surface area contributed by atoms with Gasteiger partial charge in [-0.05, 0) is 57.0 Å². The second-order valence-electron chi connectivity index (χ2n) is 9.41. The highest BCUT2D eigenvalue weighted by molar-refractivity contribution is 7.98. The first kappa shape index (κ1) is 30.9. The Bertz CT molecular complexity index is 682.